The van der Waals surface area contributed by atoms with Crippen LogP contribution in [-0.4, -0.2) is 27.2 Å². The van der Waals surface area contributed by atoms with Gasteiger partial charge >= 0.3 is 0 Å². The van der Waals surface area contributed by atoms with E-state index in [4.69, 9.17) is 4.74 Å². The Morgan fingerprint density at radius 2 is 1.74 bits per heavy atom. The van der Waals surface area contributed by atoms with Crippen molar-refractivity contribution in [3.8, 4) is 5.75 Å². The van der Waals surface area contributed by atoms with Crippen LogP contribution in [0.25, 0.3) is 0 Å². The van der Waals surface area contributed by atoms with Crippen molar-refractivity contribution in [2.45, 2.75) is 18.2 Å². The monoisotopic (exact) mass is 333 g/mol. The molecule has 5 nitrogen and oxygen atoms in total. The molecule has 1 amide bonds. The summed E-state index contributed by atoms with van der Waals surface area (Å²) in [7, 11) is -3.36. The van der Waals surface area contributed by atoms with Gasteiger partial charge in [-0.1, -0.05) is 18.2 Å². The van der Waals surface area contributed by atoms with E-state index in [1.54, 1.807) is 42.5 Å². The van der Waals surface area contributed by atoms with Crippen LogP contribution in [0.4, 0.5) is 5.69 Å². The van der Waals surface area contributed by atoms with Crippen LogP contribution >= 0.6 is 0 Å². The van der Waals surface area contributed by atoms with Gasteiger partial charge in [0.2, 0.25) is 5.91 Å². The average Bonchev–Trinajstić information content (AvgIpc) is 2.49. The number of benzene rings is 2. The van der Waals surface area contributed by atoms with Gasteiger partial charge in [-0.15, -0.1) is 0 Å². The number of hydrogen-bond acceptors (Lipinski definition) is 4. The fraction of sp³-hybridized carbons (Fsp3) is 0.235. The second-order valence-corrected chi connectivity index (χ2v) is 7.05. The first-order chi connectivity index (χ1) is 10.9. The fourth-order valence-electron chi connectivity index (χ4n) is 2.19. The molecule has 2 rings (SSSR count). The summed E-state index contributed by atoms with van der Waals surface area (Å²) in [5.41, 5.74) is 1.12. The molecule has 0 atom stereocenters. The van der Waals surface area contributed by atoms with E-state index in [1.807, 2.05) is 6.92 Å². The Morgan fingerprint density at radius 1 is 1.09 bits per heavy atom. The molecule has 122 valence electrons. The lowest BCUT2D eigenvalue weighted by atomic mass is 10.1. The van der Waals surface area contributed by atoms with Crippen molar-refractivity contribution in [2.24, 2.45) is 0 Å². The number of amides is 1. The lowest BCUT2D eigenvalue weighted by molar-refractivity contribution is -0.115. The molecule has 0 aliphatic rings. The van der Waals surface area contributed by atoms with Crippen LogP contribution < -0.4 is 10.1 Å². The third-order valence-electron chi connectivity index (χ3n) is 3.17. The maximum atomic E-state index is 12.1. The highest BCUT2D eigenvalue weighted by molar-refractivity contribution is 7.90. The van der Waals surface area contributed by atoms with E-state index in [0.717, 1.165) is 12.0 Å². The summed E-state index contributed by atoms with van der Waals surface area (Å²) in [4.78, 5) is 12.3. The Kier molecular flexibility index (Phi) is 5.39. The molecular formula is C17H19NO4S. The van der Waals surface area contributed by atoms with E-state index in [0.29, 0.717) is 17.9 Å². The van der Waals surface area contributed by atoms with E-state index in [1.165, 1.54) is 6.07 Å². The van der Waals surface area contributed by atoms with E-state index in [9.17, 15) is 13.2 Å². The number of nitrogens with one attached hydrogen (secondary N) is 1. The minimum absolute atomic E-state index is 0.00352. The fourth-order valence-corrected chi connectivity index (χ4v) is 3.13. The van der Waals surface area contributed by atoms with Crippen LogP contribution in [0, 0.1) is 0 Å². The molecular weight excluding hydrogens is 314 g/mol. The molecule has 0 unspecified atom stereocenters. The first kappa shape index (κ1) is 17.0. The van der Waals surface area contributed by atoms with Crippen molar-refractivity contribution >= 4 is 21.4 Å². The molecule has 0 fully saturated rings. The lowest BCUT2D eigenvalue weighted by Crippen LogP contribution is -2.16. The molecule has 0 heterocycles. The number of hydrogen-bond donors (Lipinski definition) is 1. The van der Waals surface area contributed by atoms with Gasteiger partial charge < -0.3 is 10.1 Å². The topological polar surface area (TPSA) is 72.5 Å². The standard InChI is InChI=1S/C17H19NO4S/c1-3-22-15-10-8-14(9-11-15)18-17(19)12-13-6-4-5-7-16(13)23(2,20)21/h4-11H,3,12H2,1-2H3,(H,18,19). The SMILES string of the molecule is CCOc1ccc(NC(=O)Cc2ccccc2S(C)(=O)=O)cc1. The van der Waals surface area contributed by atoms with Crippen molar-refractivity contribution in [2.75, 3.05) is 18.2 Å². The minimum Gasteiger partial charge on any atom is -0.494 e. The van der Waals surface area contributed by atoms with E-state index in [2.05, 4.69) is 5.32 Å². The van der Waals surface area contributed by atoms with E-state index >= 15 is 0 Å². The predicted molar refractivity (Wildman–Crippen MR) is 89.5 cm³/mol. The van der Waals surface area contributed by atoms with Gasteiger partial charge in [0.1, 0.15) is 5.75 Å². The van der Waals surface area contributed by atoms with Crippen molar-refractivity contribution < 1.29 is 17.9 Å². The molecule has 0 aromatic heterocycles. The average molecular weight is 333 g/mol. The van der Waals surface area contributed by atoms with Gasteiger partial charge in [0.25, 0.3) is 0 Å². The summed E-state index contributed by atoms with van der Waals surface area (Å²) in [6, 6.07) is 13.5. The Balaban J connectivity index is 2.08. The Morgan fingerprint density at radius 3 is 2.35 bits per heavy atom. The van der Waals surface area contributed by atoms with Crippen molar-refractivity contribution in [3.05, 3.63) is 54.1 Å². The summed E-state index contributed by atoms with van der Waals surface area (Å²) in [6.07, 6.45) is 1.13. The molecule has 0 aliphatic carbocycles. The van der Waals surface area contributed by atoms with Gasteiger partial charge in [-0.05, 0) is 42.8 Å². The van der Waals surface area contributed by atoms with Gasteiger partial charge in [-0.2, -0.15) is 0 Å². The molecule has 0 radical (unpaired) electrons. The van der Waals surface area contributed by atoms with E-state index < -0.39 is 9.84 Å². The maximum Gasteiger partial charge on any atom is 0.228 e. The van der Waals surface area contributed by atoms with Crippen LogP contribution in [0.1, 0.15) is 12.5 Å². The zero-order valence-corrected chi connectivity index (χ0v) is 13.9. The first-order valence-corrected chi connectivity index (χ1v) is 9.10. The number of carbonyl (C=O) groups is 1. The molecule has 23 heavy (non-hydrogen) atoms. The quantitative estimate of drug-likeness (QED) is 0.882. The molecule has 0 spiro atoms. The summed E-state index contributed by atoms with van der Waals surface area (Å²) < 4.78 is 28.8. The van der Waals surface area contributed by atoms with Gasteiger partial charge in [-0.25, -0.2) is 8.42 Å². The normalized spacial score (nSPS) is 11.0. The third kappa shape index (κ3) is 4.82. The first-order valence-electron chi connectivity index (χ1n) is 7.21. The zero-order chi connectivity index (χ0) is 16.9. The third-order valence-corrected chi connectivity index (χ3v) is 4.37. The second kappa shape index (κ2) is 7.28. The lowest BCUT2D eigenvalue weighted by Gasteiger charge is -2.09. The molecule has 0 aliphatic heterocycles. The number of ether oxygens (including phenoxy) is 1. The highest BCUT2D eigenvalue weighted by Gasteiger charge is 2.15. The summed E-state index contributed by atoms with van der Waals surface area (Å²) in [5.74, 6) is 0.457. The minimum atomic E-state index is -3.36. The summed E-state index contributed by atoms with van der Waals surface area (Å²) in [6.45, 7) is 2.48. The van der Waals surface area contributed by atoms with Gasteiger partial charge in [0.15, 0.2) is 9.84 Å². The molecule has 2 aromatic rings. The smallest absolute Gasteiger partial charge is 0.228 e. The highest BCUT2D eigenvalue weighted by atomic mass is 32.2. The molecule has 0 saturated heterocycles. The van der Waals surface area contributed by atoms with Crippen molar-refractivity contribution in [1.82, 2.24) is 0 Å². The highest BCUT2D eigenvalue weighted by Crippen LogP contribution is 2.18. The van der Waals surface area contributed by atoms with Crippen molar-refractivity contribution in [3.63, 3.8) is 0 Å². The van der Waals surface area contributed by atoms with Gasteiger partial charge in [0.05, 0.1) is 17.9 Å². The van der Waals surface area contributed by atoms with Crippen LogP contribution in [0.2, 0.25) is 0 Å². The number of rotatable bonds is 6. The van der Waals surface area contributed by atoms with Crippen LogP contribution in [0.3, 0.4) is 0 Å². The Labute approximate surface area is 136 Å². The second-order valence-electron chi connectivity index (χ2n) is 5.06. The maximum absolute atomic E-state index is 12.1. The largest absolute Gasteiger partial charge is 0.494 e. The van der Waals surface area contributed by atoms with E-state index in [-0.39, 0.29) is 17.2 Å². The predicted octanol–water partition coefficient (Wildman–Crippen LogP) is 2.67. The zero-order valence-electron chi connectivity index (χ0n) is 13.1. The van der Waals surface area contributed by atoms with Gasteiger partial charge in [0, 0.05) is 11.9 Å². The Bertz CT molecular complexity index is 782. The molecule has 0 bridgehead atoms. The number of anilines is 1. The summed E-state index contributed by atoms with van der Waals surface area (Å²) >= 11 is 0. The van der Waals surface area contributed by atoms with Crippen molar-refractivity contribution in [1.29, 1.82) is 0 Å². The molecule has 2 aromatic carbocycles. The van der Waals surface area contributed by atoms with Crippen LogP contribution in [-0.2, 0) is 21.1 Å². The van der Waals surface area contributed by atoms with Crippen LogP contribution in [0.5, 0.6) is 5.75 Å². The Hall–Kier alpha value is -2.34. The molecule has 1 N–H and O–H groups in total. The molecule has 6 heteroatoms. The number of carbonyl (C=O) groups excluding carboxylic acids is 1. The summed E-state index contributed by atoms with van der Waals surface area (Å²) in [5, 5.41) is 2.75. The molecule has 0 saturated carbocycles. The number of sulfone groups is 1. The van der Waals surface area contributed by atoms with Gasteiger partial charge in [-0.3, -0.25) is 4.79 Å². The van der Waals surface area contributed by atoms with Crippen LogP contribution in [0.15, 0.2) is 53.4 Å².